The fourth-order valence-corrected chi connectivity index (χ4v) is 2.10. The Morgan fingerprint density at radius 3 is 2.38 bits per heavy atom. The molecule has 0 aliphatic heterocycles. The van der Waals surface area contributed by atoms with Crippen LogP contribution in [0.25, 0.3) is 0 Å². The molecule has 1 aromatic heterocycles. The molecule has 0 spiro atoms. The van der Waals surface area contributed by atoms with Crippen LogP contribution in [-0.2, 0) is 16.1 Å². The third-order valence-corrected chi connectivity index (χ3v) is 3.45. The quantitative estimate of drug-likeness (QED) is 0.830. The van der Waals surface area contributed by atoms with Crippen molar-refractivity contribution in [1.82, 2.24) is 4.68 Å². The van der Waals surface area contributed by atoms with E-state index in [1.165, 1.54) is 0 Å². The van der Waals surface area contributed by atoms with Gasteiger partial charge in [-0.25, -0.2) is 0 Å². The molecule has 1 unspecified atom stereocenters. The molecule has 4 heteroatoms. The lowest BCUT2D eigenvalue weighted by molar-refractivity contribution is -0.148. The van der Waals surface area contributed by atoms with Gasteiger partial charge in [0.1, 0.15) is 6.61 Å². The predicted octanol–water partition coefficient (Wildman–Crippen LogP) is 3.03. The topological polar surface area (TPSA) is 43.3 Å². The van der Waals surface area contributed by atoms with E-state index in [-0.39, 0.29) is 11.9 Å². The third kappa shape index (κ3) is 4.12. The lowest BCUT2D eigenvalue weighted by Crippen LogP contribution is -2.28. The Morgan fingerprint density at radius 1 is 1.14 bits per heavy atom. The van der Waals surface area contributed by atoms with E-state index in [0.717, 1.165) is 17.0 Å². The number of carbonyl (C=O) groups is 1. The van der Waals surface area contributed by atoms with Gasteiger partial charge in [0.25, 0.3) is 0 Å². The molecular weight excluding hydrogens is 264 g/mol. The summed E-state index contributed by atoms with van der Waals surface area (Å²) in [6.45, 7) is 6.79. The second kappa shape index (κ2) is 6.97. The van der Waals surface area contributed by atoms with Gasteiger partial charge in [-0.3, -0.25) is 9.47 Å². The average Bonchev–Trinajstić information content (AvgIpc) is 2.82. The molecule has 2 aromatic rings. The Balaban J connectivity index is 1.80. The summed E-state index contributed by atoms with van der Waals surface area (Å²) < 4.78 is 7.32. The van der Waals surface area contributed by atoms with Gasteiger partial charge in [0, 0.05) is 17.9 Å². The van der Waals surface area contributed by atoms with Gasteiger partial charge in [-0.2, -0.15) is 0 Å². The Hall–Kier alpha value is -2.23. The predicted molar refractivity (Wildman–Crippen MR) is 83.5 cm³/mol. The standard InChI is InChI=1S/C17H22N2O2/c1-13(11-18-19-14(2)9-10-15(19)3)17(20)21-12-16-7-5-4-6-8-16/h4-10,13,18H,11-12H2,1-3H3. The summed E-state index contributed by atoms with van der Waals surface area (Å²) >= 11 is 0. The molecule has 1 N–H and O–H groups in total. The fourth-order valence-electron chi connectivity index (χ4n) is 2.10. The molecule has 1 aromatic carbocycles. The van der Waals surface area contributed by atoms with Crippen molar-refractivity contribution < 1.29 is 9.53 Å². The normalized spacial score (nSPS) is 12.0. The largest absolute Gasteiger partial charge is 0.461 e. The summed E-state index contributed by atoms with van der Waals surface area (Å²) in [6, 6.07) is 13.8. The van der Waals surface area contributed by atoms with Gasteiger partial charge in [0.15, 0.2) is 0 Å². The van der Waals surface area contributed by atoms with Gasteiger partial charge in [-0.1, -0.05) is 37.3 Å². The van der Waals surface area contributed by atoms with Gasteiger partial charge in [0.2, 0.25) is 0 Å². The number of nitrogens with one attached hydrogen (secondary N) is 1. The van der Waals surface area contributed by atoms with Gasteiger partial charge >= 0.3 is 5.97 Å². The van der Waals surface area contributed by atoms with E-state index in [1.54, 1.807) is 0 Å². The molecule has 21 heavy (non-hydrogen) atoms. The number of aromatic nitrogens is 1. The first-order chi connectivity index (χ1) is 10.1. The van der Waals surface area contributed by atoms with Crippen molar-refractivity contribution in [2.24, 2.45) is 5.92 Å². The van der Waals surface area contributed by atoms with Gasteiger partial charge < -0.3 is 10.2 Å². The second-order valence-corrected chi connectivity index (χ2v) is 5.31. The number of carbonyl (C=O) groups excluding carboxylic acids is 1. The summed E-state index contributed by atoms with van der Waals surface area (Å²) in [7, 11) is 0. The smallest absolute Gasteiger partial charge is 0.310 e. The van der Waals surface area contributed by atoms with Crippen LogP contribution in [-0.4, -0.2) is 17.2 Å². The van der Waals surface area contributed by atoms with Crippen LogP contribution in [0.5, 0.6) is 0 Å². The summed E-state index contributed by atoms with van der Waals surface area (Å²) in [5.74, 6) is -0.385. The Kier molecular flexibility index (Phi) is 5.04. The SMILES string of the molecule is Cc1ccc(C)n1NCC(C)C(=O)OCc1ccccc1. The molecular formula is C17H22N2O2. The van der Waals surface area contributed by atoms with Crippen molar-refractivity contribution >= 4 is 5.97 Å². The number of rotatable bonds is 6. The van der Waals surface area contributed by atoms with Gasteiger partial charge in [0.05, 0.1) is 5.92 Å². The highest BCUT2D eigenvalue weighted by Gasteiger charge is 2.15. The van der Waals surface area contributed by atoms with Crippen molar-refractivity contribution in [3.05, 3.63) is 59.4 Å². The first-order valence-electron chi connectivity index (χ1n) is 7.17. The lowest BCUT2D eigenvalue weighted by Gasteiger charge is -2.16. The van der Waals surface area contributed by atoms with Crippen molar-refractivity contribution in [1.29, 1.82) is 0 Å². The molecule has 0 bridgehead atoms. The highest BCUT2D eigenvalue weighted by Crippen LogP contribution is 2.07. The number of hydrogen-bond donors (Lipinski definition) is 1. The first-order valence-corrected chi connectivity index (χ1v) is 7.17. The molecule has 2 rings (SSSR count). The molecule has 112 valence electrons. The van der Waals surface area contributed by atoms with E-state index in [9.17, 15) is 4.79 Å². The van der Waals surface area contributed by atoms with Crippen LogP contribution in [0, 0.1) is 19.8 Å². The van der Waals surface area contributed by atoms with Crippen LogP contribution in [0.2, 0.25) is 0 Å². The Labute approximate surface area is 125 Å². The minimum absolute atomic E-state index is 0.186. The van der Waals surface area contributed by atoms with Crippen LogP contribution < -0.4 is 5.43 Å². The van der Waals surface area contributed by atoms with Crippen LogP contribution in [0.4, 0.5) is 0 Å². The minimum Gasteiger partial charge on any atom is -0.461 e. The molecule has 1 atom stereocenters. The van der Waals surface area contributed by atoms with E-state index in [2.05, 4.69) is 5.43 Å². The molecule has 0 aliphatic rings. The number of esters is 1. The number of aryl methyl sites for hydroxylation is 2. The lowest BCUT2D eigenvalue weighted by atomic mass is 10.2. The molecule has 1 heterocycles. The van der Waals surface area contributed by atoms with E-state index in [4.69, 9.17) is 4.74 Å². The van der Waals surface area contributed by atoms with Gasteiger partial charge in [-0.15, -0.1) is 0 Å². The Morgan fingerprint density at radius 2 is 1.76 bits per heavy atom. The van der Waals surface area contributed by atoms with Crippen molar-refractivity contribution in [3.63, 3.8) is 0 Å². The minimum atomic E-state index is -0.199. The zero-order valence-electron chi connectivity index (χ0n) is 12.8. The monoisotopic (exact) mass is 286 g/mol. The molecule has 4 nitrogen and oxygen atoms in total. The summed E-state index contributed by atoms with van der Waals surface area (Å²) in [5.41, 5.74) is 6.50. The molecule has 0 saturated heterocycles. The van der Waals surface area contributed by atoms with Crippen LogP contribution in [0.15, 0.2) is 42.5 Å². The van der Waals surface area contributed by atoms with Crippen LogP contribution >= 0.6 is 0 Å². The van der Waals surface area contributed by atoms with Crippen molar-refractivity contribution in [2.75, 3.05) is 12.0 Å². The summed E-state index contributed by atoms with van der Waals surface area (Å²) in [6.07, 6.45) is 0. The average molecular weight is 286 g/mol. The molecule has 0 saturated carbocycles. The van der Waals surface area contributed by atoms with E-state index < -0.39 is 0 Å². The van der Waals surface area contributed by atoms with E-state index >= 15 is 0 Å². The van der Waals surface area contributed by atoms with Crippen LogP contribution in [0.1, 0.15) is 23.9 Å². The number of nitrogens with zero attached hydrogens (tertiary/aromatic N) is 1. The molecule has 0 radical (unpaired) electrons. The number of benzene rings is 1. The maximum absolute atomic E-state index is 12.0. The fraction of sp³-hybridized carbons (Fsp3) is 0.353. The maximum atomic E-state index is 12.0. The number of hydrogen-bond acceptors (Lipinski definition) is 3. The number of ether oxygens (including phenoxy) is 1. The van der Waals surface area contributed by atoms with Crippen molar-refractivity contribution in [2.45, 2.75) is 27.4 Å². The maximum Gasteiger partial charge on any atom is 0.310 e. The third-order valence-electron chi connectivity index (χ3n) is 3.45. The van der Waals surface area contributed by atoms with Gasteiger partial charge in [-0.05, 0) is 31.5 Å². The van der Waals surface area contributed by atoms with Crippen molar-refractivity contribution in [3.8, 4) is 0 Å². The summed E-state index contributed by atoms with van der Waals surface area (Å²) in [5, 5.41) is 0. The molecule has 0 amide bonds. The Bertz CT molecular complexity index is 571. The first kappa shape index (κ1) is 15.2. The van der Waals surface area contributed by atoms with Crippen LogP contribution in [0.3, 0.4) is 0 Å². The highest BCUT2D eigenvalue weighted by molar-refractivity contribution is 5.72. The van der Waals surface area contributed by atoms with E-state index in [1.807, 2.05) is 67.9 Å². The second-order valence-electron chi connectivity index (χ2n) is 5.31. The zero-order chi connectivity index (χ0) is 15.2. The molecule has 0 fully saturated rings. The zero-order valence-corrected chi connectivity index (χ0v) is 12.8. The van der Waals surface area contributed by atoms with E-state index in [0.29, 0.717) is 13.2 Å². The molecule has 0 aliphatic carbocycles. The highest BCUT2D eigenvalue weighted by atomic mass is 16.5. The summed E-state index contributed by atoms with van der Waals surface area (Å²) in [4.78, 5) is 12.0.